The number of halogens is 1. The number of aromatic nitrogens is 1. The van der Waals surface area contributed by atoms with E-state index in [0.717, 1.165) is 11.1 Å². The molecule has 0 amide bonds. The molecule has 1 N–H and O–H groups in total. The van der Waals surface area contributed by atoms with Crippen LogP contribution in [0, 0.1) is 19.7 Å². The molecule has 0 spiro atoms. The van der Waals surface area contributed by atoms with E-state index in [1.165, 1.54) is 12.1 Å². The molecule has 17 heavy (non-hydrogen) atoms. The van der Waals surface area contributed by atoms with Gasteiger partial charge in [-0.1, -0.05) is 6.07 Å². The molecule has 0 saturated heterocycles. The molecule has 0 fully saturated rings. The van der Waals surface area contributed by atoms with Crippen LogP contribution < -0.4 is 0 Å². The number of hydrogen-bond acceptors (Lipinski definition) is 2. The van der Waals surface area contributed by atoms with Gasteiger partial charge in [0.1, 0.15) is 11.9 Å². The smallest absolute Gasteiger partial charge is 0.123 e. The van der Waals surface area contributed by atoms with Crippen molar-refractivity contribution in [1.29, 1.82) is 0 Å². The Labute approximate surface area is 99.8 Å². The van der Waals surface area contributed by atoms with E-state index in [4.69, 9.17) is 0 Å². The summed E-state index contributed by atoms with van der Waals surface area (Å²) in [6.45, 7) is 3.77. The van der Waals surface area contributed by atoms with E-state index in [2.05, 4.69) is 4.98 Å². The lowest BCUT2D eigenvalue weighted by Gasteiger charge is -2.13. The molecular weight excluding hydrogens is 217 g/mol. The Balaban J connectivity index is 2.43. The second kappa shape index (κ2) is 4.63. The topological polar surface area (TPSA) is 33.1 Å². The highest BCUT2D eigenvalue weighted by Gasteiger charge is 2.14. The minimum absolute atomic E-state index is 0.350. The molecule has 0 aliphatic heterocycles. The molecule has 0 aliphatic rings. The van der Waals surface area contributed by atoms with Gasteiger partial charge in [0, 0.05) is 6.20 Å². The number of nitrogens with zero attached hydrogens (tertiary/aromatic N) is 1. The Morgan fingerprint density at radius 1 is 1.18 bits per heavy atom. The fourth-order valence-corrected chi connectivity index (χ4v) is 1.77. The van der Waals surface area contributed by atoms with Crippen LogP contribution in [0.15, 0.2) is 36.5 Å². The fraction of sp³-hybridized carbons (Fsp3) is 0.214. The molecule has 1 atom stereocenters. The van der Waals surface area contributed by atoms with E-state index in [1.54, 1.807) is 18.3 Å². The van der Waals surface area contributed by atoms with Gasteiger partial charge in [-0.25, -0.2) is 4.39 Å². The van der Waals surface area contributed by atoms with Gasteiger partial charge in [-0.05, 0) is 54.8 Å². The molecule has 1 unspecified atom stereocenters. The lowest BCUT2D eigenvalue weighted by atomic mass is 10.00. The van der Waals surface area contributed by atoms with Crippen LogP contribution in [-0.4, -0.2) is 10.1 Å². The van der Waals surface area contributed by atoms with Crippen LogP contribution >= 0.6 is 0 Å². The highest BCUT2D eigenvalue weighted by Crippen LogP contribution is 2.24. The van der Waals surface area contributed by atoms with Crippen LogP contribution in [-0.2, 0) is 0 Å². The minimum Gasteiger partial charge on any atom is -0.382 e. The Bertz CT molecular complexity index is 539. The van der Waals surface area contributed by atoms with Crippen molar-refractivity contribution in [2.75, 3.05) is 0 Å². The average Bonchev–Trinajstić information content (AvgIpc) is 2.31. The maximum atomic E-state index is 13.2. The summed E-state index contributed by atoms with van der Waals surface area (Å²) >= 11 is 0. The van der Waals surface area contributed by atoms with Crippen molar-refractivity contribution in [3.63, 3.8) is 0 Å². The first kappa shape index (κ1) is 11.7. The highest BCUT2D eigenvalue weighted by molar-refractivity contribution is 5.34. The fourth-order valence-electron chi connectivity index (χ4n) is 1.77. The van der Waals surface area contributed by atoms with Crippen molar-refractivity contribution in [3.8, 4) is 0 Å². The van der Waals surface area contributed by atoms with Crippen molar-refractivity contribution >= 4 is 0 Å². The van der Waals surface area contributed by atoms with Crippen molar-refractivity contribution in [2.45, 2.75) is 20.0 Å². The molecule has 88 valence electrons. The normalized spacial score (nSPS) is 12.5. The number of aliphatic hydroxyl groups is 1. The average molecular weight is 231 g/mol. The Hall–Kier alpha value is -1.74. The van der Waals surface area contributed by atoms with Gasteiger partial charge < -0.3 is 5.11 Å². The maximum Gasteiger partial charge on any atom is 0.123 e. The van der Waals surface area contributed by atoms with Gasteiger partial charge in [0.2, 0.25) is 0 Å². The Morgan fingerprint density at radius 3 is 2.65 bits per heavy atom. The molecule has 1 heterocycles. The summed E-state index contributed by atoms with van der Waals surface area (Å²) < 4.78 is 13.2. The summed E-state index contributed by atoms with van der Waals surface area (Å²) in [6, 6.07) is 8.05. The van der Waals surface area contributed by atoms with Crippen molar-refractivity contribution < 1.29 is 9.50 Å². The molecule has 0 radical (unpaired) electrons. The zero-order valence-electron chi connectivity index (χ0n) is 9.81. The third-order valence-electron chi connectivity index (χ3n) is 2.75. The molecule has 2 aromatic rings. The summed E-state index contributed by atoms with van der Waals surface area (Å²) in [5, 5.41) is 10.2. The third-order valence-corrected chi connectivity index (χ3v) is 2.75. The predicted molar refractivity (Wildman–Crippen MR) is 64.2 cm³/mol. The van der Waals surface area contributed by atoms with Gasteiger partial charge in [-0.3, -0.25) is 4.98 Å². The number of aryl methyl sites for hydroxylation is 2. The van der Waals surface area contributed by atoms with Gasteiger partial charge in [-0.15, -0.1) is 0 Å². The van der Waals surface area contributed by atoms with Crippen LogP contribution in [0.1, 0.15) is 28.5 Å². The third kappa shape index (κ3) is 2.50. The second-order valence-corrected chi connectivity index (χ2v) is 4.16. The molecular formula is C14H14FNO. The van der Waals surface area contributed by atoms with Crippen molar-refractivity contribution in [3.05, 3.63) is 64.7 Å². The number of hydrogen-bond donors (Lipinski definition) is 1. The van der Waals surface area contributed by atoms with E-state index in [1.807, 2.05) is 19.9 Å². The molecule has 0 aliphatic carbocycles. The quantitative estimate of drug-likeness (QED) is 0.862. The van der Waals surface area contributed by atoms with Crippen LogP contribution in [0.2, 0.25) is 0 Å². The van der Waals surface area contributed by atoms with Crippen molar-refractivity contribution in [2.24, 2.45) is 0 Å². The molecule has 3 heteroatoms. The van der Waals surface area contributed by atoms with Gasteiger partial charge in [-0.2, -0.15) is 0 Å². The van der Waals surface area contributed by atoms with Gasteiger partial charge in [0.25, 0.3) is 0 Å². The molecule has 1 aromatic heterocycles. The zero-order chi connectivity index (χ0) is 12.4. The molecule has 2 rings (SSSR count). The minimum atomic E-state index is -0.884. The van der Waals surface area contributed by atoms with E-state index in [-0.39, 0.29) is 5.82 Å². The SMILES string of the molecule is Cc1ccnc(C(O)c2cc(F)ccc2C)c1. The van der Waals surface area contributed by atoms with Crippen molar-refractivity contribution in [1.82, 2.24) is 4.98 Å². The summed E-state index contributed by atoms with van der Waals surface area (Å²) in [4.78, 5) is 4.11. The number of benzene rings is 1. The van der Waals surface area contributed by atoms with Crippen LogP contribution in [0.3, 0.4) is 0 Å². The second-order valence-electron chi connectivity index (χ2n) is 4.16. The van der Waals surface area contributed by atoms with Crippen LogP contribution in [0.25, 0.3) is 0 Å². The summed E-state index contributed by atoms with van der Waals surface area (Å²) in [5.74, 6) is -0.350. The first-order chi connectivity index (χ1) is 8.08. The molecule has 1 aromatic carbocycles. The van der Waals surface area contributed by atoms with Crippen LogP contribution in [0.5, 0.6) is 0 Å². The summed E-state index contributed by atoms with van der Waals surface area (Å²) in [5.41, 5.74) is 2.96. The van der Waals surface area contributed by atoms with Gasteiger partial charge >= 0.3 is 0 Å². The first-order valence-corrected chi connectivity index (χ1v) is 5.44. The Kier molecular flexibility index (Phi) is 3.20. The van der Waals surface area contributed by atoms with Crippen LogP contribution in [0.4, 0.5) is 4.39 Å². The number of aliphatic hydroxyl groups excluding tert-OH is 1. The highest BCUT2D eigenvalue weighted by atomic mass is 19.1. The lowest BCUT2D eigenvalue weighted by Crippen LogP contribution is -2.05. The standard InChI is InChI=1S/C14H14FNO/c1-9-5-6-16-13(7-9)14(17)12-8-11(15)4-3-10(12)2/h3-8,14,17H,1-2H3. The maximum absolute atomic E-state index is 13.2. The number of pyridine rings is 1. The van der Waals surface area contributed by atoms with E-state index in [0.29, 0.717) is 11.3 Å². The summed E-state index contributed by atoms with van der Waals surface area (Å²) in [6.07, 6.45) is 0.758. The number of rotatable bonds is 2. The van der Waals surface area contributed by atoms with E-state index < -0.39 is 6.10 Å². The van der Waals surface area contributed by atoms with E-state index in [9.17, 15) is 9.50 Å². The van der Waals surface area contributed by atoms with E-state index >= 15 is 0 Å². The predicted octanol–water partition coefficient (Wildman–Crippen LogP) is 2.92. The zero-order valence-corrected chi connectivity index (χ0v) is 9.81. The van der Waals surface area contributed by atoms with Gasteiger partial charge in [0.15, 0.2) is 0 Å². The molecule has 2 nitrogen and oxygen atoms in total. The Morgan fingerprint density at radius 2 is 1.94 bits per heavy atom. The van der Waals surface area contributed by atoms with Gasteiger partial charge in [0.05, 0.1) is 5.69 Å². The molecule has 0 bridgehead atoms. The first-order valence-electron chi connectivity index (χ1n) is 5.44. The lowest BCUT2D eigenvalue weighted by molar-refractivity contribution is 0.214. The summed E-state index contributed by atoms with van der Waals surface area (Å²) in [7, 11) is 0. The molecule has 0 saturated carbocycles. The largest absolute Gasteiger partial charge is 0.382 e. The monoisotopic (exact) mass is 231 g/mol.